The van der Waals surface area contributed by atoms with E-state index in [0.717, 1.165) is 17.9 Å². The molecule has 3 N–H and O–H groups in total. The summed E-state index contributed by atoms with van der Waals surface area (Å²) < 4.78 is 1.89. The highest BCUT2D eigenvalue weighted by Crippen LogP contribution is 2.03. The van der Waals surface area contributed by atoms with Crippen LogP contribution in [0.3, 0.4) is 0 Å². The summed E-state index contributed by atoms with van der Waals surface area (Å²) in [6, 6.07) is 5.73. The number of rotatable bonds is 7. The first-order valence-electron chi connectivity index (χ1n) is 7.82. The predicted octanol–water partition coefficient (Wildman–Crippen LogP) is 0.311. The zero-order valence-corrected chi connectivity index (χ0v) is 13.5. The first kappa shape index (κ1) is 16.7. The van der Waals surface area contributed by atoms with Gasteiger partial charge in [-0.05, 0) is 25.5 Å². The number of pyridine rings is 1. The molecule has 8 nitrogen and oxygen atoms in total. The van der Waals surface area contributed by atoms with E-state index in [2.05, 4.69) is 31.1 Å². The van der Waals surface area contributed by atoms with Gasteiger partial charge in [-0.1, -0.05) is 13.0 Å². The SMILES string of the molecule is CCCNC(=O)CNC(=NCc1nnc2ccccn12)NCC. The fourth-order valence-electron chi connectivity index (χ4n) is 1.98. The Morgan fingerprint density at radius 3 is 2.87 bits per heavy atom. The van der Waals surface area contributed by atoms with Gasteiger partial charge in [0, 0.05) is 19.3 Å². The van der Waals surface area contributed by atoms with Gasteiger partial charge in [0.15, 0.2) is 17.4 Å². The van der Waals surface area contributed by atoms with Gasteiger partial charge >= 0.3 is 0 Å². The summed E-state index contributed by atoms with van der Waals surface area (Å²) in [6.45, 7) is 5.94. The van der Waals surface area contributed by atoms with E-state index < -0.39 is 0 Å². The van der Waals surface area contributed by atoms with Crippen molar-refractivity contribution in [3.05, 3.63) is 30.2 Å². The Bertz CT molecular complexity index is 665. The monoisotopic (exact) mass is 317 g/mol. The molecule has 0 atom stereocenters. The molecule has 2 aromatic rings. The molecule has 0 spiro atoms. The molecule has 0 fully saturated rings. The van der Waals surface area contributed by atoms with Crippen LogP contribution < -0.4 is 16.0 Å². The van der Waals surface area contributed by atoms with Crippen molar-refractivity contribution >= 4 is 17.5 Å². The number of carbonyl (C=O) groups is 1. The van der Waals surface area contributed by atoms with Crippen molar-refractivity contribution in [3.63, 3.8) is 0 Å². The number of amides is 1. The van der Waals surface area contributed by atoms with E-state index >= 15 is 0 Å². The van der Waals surface area contributed by atoms with Gasteiger partial charge in [0.05, 0.1) is 6.54 Å². The first-order valence-corrected chi connectivity index (χ1v) is 7.82. The average molecular weight is 317 g/mol. The van der Waals surface area contributed by atoms with E-state index in [0.29, 0.717) is 25.6 Å². The van der Waals surface area contributed by atoms with E-state index in [9.17, 15) is 4.79 Å². The lowest BCUT2D eigenvalue weighted by atomic mass is 10.4. The van der Waals surface area contributed by atoms with Crippen LogP contribution in [0.1, 0.15) is 26.1 Å². The molecule has 0 radical (unpaired) electrons. The van der Waals surface area contributed by atoms with Crippen LogP contribution in [0, 0.1) is 0 Å². The minimum atomic E-state index is -0.0506. The number of hydrogen-bond acceptors (Lipinski definition) is 4. The molecule has 2 aromatic heterocycles. The Labute approximate surface area is 135 Å². The third kappa shape index (κ3) is 4.94. The minimum absolute atomic E-state index is 0.0506. The fraction of sp³-hybridized carbons (Fsp3) is 0.467. The van der Waals surface area contributed by atoms with Crippen LogP contribution >= 0.6 is 0 Å². The maximum Gasteiger partial charge on any atom is 0.239 e. The van der Waals surface area contributed by atoms with Crippen LogP contribution in [-0.4, -0.2) is 46.1 Å². The Hall–Kier alpha value is -2.64. The Morgan fingerprint density at radius 2 is 2.09 bits per heavy atom. The largest absolute Gasteiger partial charge is 0.357 e. The zero-order chi connectivity index (χ0) is 16.5. The van der Waals surface area contributed by atoms with Crippen molar-refractivity contribution in [2.24, 2.45) is 4.99 Å². The van der Waals surface area contributed by atoms with Gasteiger partial charge in [0.25, 0.3) is 0 Å². The molecule has 0 aromatic carbocycles. The van der Waals surface area contributed by atoms with Gasteiger partial charge in [0.1, 0.15) is 6.54 Å². The Morgan fingerprint density at radius 1 is 1.22 bits per heavy atom. The van der Waals surface area contributed by atoms with E-state index in [1.54, 1.807) is 0 Å². The number of hydrogen-bond donors (Lipinski definition) is 3. The Balaban J connectivity index is 1.96. The van der Waals surface area contributed by atoms with Crippen LogP contribution in [-0.2, 0) is 11.3 Å². The molecule has 0 aliphatic rings. The number of fused-ring (bicyclic) bond motifs is 1. The van der Waals surface area contributed by atoms with E-state index in [1.807, 2.05) is 42.6 Å². The molecule has 124 valence electrons. The van der Waals surface area contributed by atoms with Gasteiger partial charge in [-0.3, -0.25) is 9.20 Å². The van der Waals surface area contributed by atoms with E-state index in [1.165, 1.54) is 0 Å². The lowest BCUT2D eigenvalue weighted by Gasteiger charge is -2.11. The van der Waals surface area contributed by atoms with Crippen LogP contribution in [0.2, 0.25) is 0 Å². The highest BCUT2D eigenvalue weighted by atomic mass is 16.1. The lowest BCUT2D eigenvalue weighted by molar-refractivity contribution is -0.120. The molecule has 8 heteroatoms. The molecule has 0 aliphatic heterocycles. The standard InChI is InChI=1S/C15H23N7O/c1-3-8-17-14(23)11-19-15(16-4-2)18-10-13-21-20-12-7-5-6-9-22(12)13/h5-7,9H,3-4,8,10-11H2,1-2H3,(H,17,23)(H2,16,18,19). The topological polar surface area (TPSA) is 95.7 Å². The molecule has 2 heterocycles. The van der Waals surface area contributed by atoms with Crippen molar-refractivity contribution in [1.82, 2.24) is 30.5 Å². The maximum absolute atomic E-state index is 11.6. The summed E-state index contributed by atoms with van der Waals surface area (Å²) in [4.78, 5) is 16.1. The van der Waals surface area contributed by atoms with Gasteiger partial charge in [-0.15, -0.1) is 10.2 Å². The minimum Gasteiger partial charge on any atom is -0.357 e. The first-order chi connectivity index (χ1) is 11.2. The van der Waals surface area contributed by atoms with E-state index in [4.69, 9.17) is 0 Å². The number of guanidine groups is 1. The third-order valence-electron chi connectivity index (χ3n) is 3.10. The zero-order valence-electron chi connectivity index (χ0n) is 13.5. The summed E-state index contributed by atoms with van der Waals surface area (Å²) in [5, 5.41) is 17.2. The average Bonchev–Trinajstić information content (AvgIpc) is 2.98. The van der Waals surface area contributed by atoms with Crippen LogP contribution in [0.4, 0.5) is 0 Å². The third-order valence-corrected chi connectivity index (χ3v) is 3.10. The molecule has 0 unspecified atom stereocenters. The normalized spacial score (nSPS) is 11.5. The molecule has 0 saturated heterocycles. The van der Waals surface area contributed by atoms with Crippen molar-refractivity contribution in [1.29, 1.82) is 0 Å². The van der Waals surface area contributed by atoms with Gasteiger partial charge in [0.2, 0.25) is 5.91 Å². The van der Waals surface area contributed by atoms with E-state index in [-0.39, 0.29) is 12.5 Å². The van der Waals surface area contributed by atoms with Crippen LogP contribution in [0.25, 0.3) is 5.65 Å². The number of aromatic nitrogens is 3. The summed E-state index contributed by atoms with van der Waals surface area (Å²) >= 11 is 0. The molecule has 0 bridgehead atoms. The molecule has 0 saturated carbocycles. The van der Waals surface area contributed by atoms with Crippen molar-refractivity contribution < 1.29 is 4.79 Å². The van der Waals surface area contributed by atoms with Crippen LogP contribution in [0.15, 0.2) is 29.4 Å². The number of nitrogens with zero attached hydrogens (tertiary/aromatic N) is 4. The summed E-state index contributed by atoms with van der Waals surface area (Å²) in [7, 11) is 0. The molecular formula is C15H23N7O. The second kappa shape index (κ2) is 8.72. The second-order valence-electron chi connectivity index (χ2n) is 4.94. The molecule has 23 heavy (non-hydrogen) atoms. The molecule has 2 rings (SSSR count). The summed E-state index contributed by atoms with van der Waals surface area (Å²) in [5.41, 5.74) is 0.787. The summed E-state index contributed by atoms with van der Waals surface area (Å²) in [6.07, 6.45) is 2.82. The quantitative estimate of drug-likeness (QED) is 0.504. The number of nitrogens with one attached hydrogen (secondary N) is 3. The van der Waals surface area contributed by atoms with Crippen LogP contribution in [0.5, 0.6) is 0 Å². The smallest absolute Gasteiger partial charge is 0.239 e. The van der Waals surface area contributed by atoms with Gasteiger partial charge in [-0.2, -0.15) is 0 Å². The lowest BCUT2D eigenvalue weighted by Crippen LogP contribution is -2.43. The molecule has 0 aliphatic carbocycles. The highest BCUT2D eigenvalue weighted by Gasteiger charge is 2.06. The highest BCUT2D eigenvalue weighted by molar-refractivity contribution is 5.86. The number of aliphatic imine (C=N–C) groups is 1. The molecular weight excluding hydrogens is 294 g/mol. The van der Waals surface area contributed by atoms with Crippen molar-refractivity contribution in [2.75, 3.05) is 19.6 Å². The van der Waals surface area contributed by atoms with Gasteiger partial charge < -0.3 is 16.0 Å². The van der Waals surface area contributed by atoms with Crippen molar-refractivity contribution in [3.8, 4) is 0 Å². The molecule has 1 amide bonds. The fourth-order valence-corrected chi connectivity index (χ4v) is 1.98. The predicted molar refractivity (Wildman–Crippen MR) is 89.1 cm³/mol. The Kier molecular flexibility index (Phi) is 6.34. The maximum atomic E-state index is 11.6. The second-order valence-corrected chi connectivity index (χ2v) is 4.94. The number of carbonyl (C=O) groups excluding carboxylic acids is 1. The summed E-state index contributed by atoms with van der Waals surface area (Å²) in [5.74, 6) is 1.27. The van der Waals surface area contributed by atoms with Crippen molar-refractivity contribution in [2.45, 2.75) is 26.8 Å². The van der Waals surface area contributed by atoms with Gasteiger partial charge in [-0.25, -0.2) is 4.99 Å².